The van der Waals surface area contributed by atoms with Crippen molar-refractivity contribution < 1.29 is 9.53 Å². The van der Waals surface area contributed by atoms with Crippen LogP contribution >= 0.6 is 22.6 Å². The predicted octanol–water partition coefficient (Wildman–Crippen LogP) is 4.02. The van der Waals surface area contributed by atoms with Crippen molar-refractivity contribution in [2.75, 3.05) is 19.0 Å². The van der Waals surface area contributed by atoms with Gasteiger partial charge in [-0.3, -0.25) is 4.79 Å². The number of hydrogen-bond acceptors (Lipinski definition) is 4. The van der Waals surface area contributed by atoms with Gasteiger partial charge >= 0.3 is 0 Å². The number of nitrogens with zero attached hydrogens (tertiary/aromatic N) is 1. The first-order chi connectivity index (χ1) is 12.7. The number of hydrazone groups is 1. The number of hydrogen-bond donors (Lipinski definition) is 2. The molecular formula is C20H18IN3O2. The smallest absolute Gasteiger partial charge is 0.259 e. The first-order valence-electron chi connectivity index (χ1n) is 8.04. The number of rotatable bonds is 6. The van der Waals surface area contributed by atoms with Crippen LogP contribution in [0, 0.1) is 3.57 Å². The van der Waals surface area contributed by atoms with Crippen molar-refractivity contribution in [2.45, 2.75) is 0 Å². The van der Waals surface area contributed by atoms with Crippen LogP contribution in [0.25, 0.3) is 10.8 Å². The second-order valence-electron chi connectivity index (χ2n) is 5.56. The first kappa shape index (κ1) is 18.2. The lowest BCUT2D eigenvalue weighted by molar-refractivity contribution is -0.119. The predicted molar refractivity (Wildman–Crippen MR) is 114 cm³/mol. The van der Waals surface area contributed by atoms with Gasteiger partial charge in [0.1, 0.15) is 5.75 Å². The quantitative estimate of drug-likeness (QED) is 0.333. The molecule has 0 aromatic heterocycles. The molecule has 3 aromatic rings. The molecule has 1 amide bonds. The molecule has 0 atom stereocenters. The van der Waals surface area contributed by atoms with Crippen LogP contribution in [0.5, 0.6) is 5.75 Å². The normalized spacial score (nSPS) is 10.8. The molecule has 132 valence electrons. The SMILES string of the molecule is COc1ccc2ccccc2c1/C=N\NC(=O)CNc1ccc(I)cc1. The van der Waals surface area contributed by atoms with Gasteiger partial charge in [-0.2, -0.15) is 5.10 Å². The zero-order valence-electron chi connectivity index (χ0n) is 14.2. The maximum atomic E-state index is 12.0. The lowest BCUT2D eigenvalue weighted by Crippen LogP contribution is -2.25. The fraction of sp³-hybridized carbons (Fsp3) is 0.100. The Morgan fingerprint density at radius 1 is 1.12 bits per heavy atom. The van der Waals surface area contributed by atoms with Gasteiger partial charge in [0, 0.05) is 14.8 Å². The lowest BCUT2D eigenvalue weighted by atomic mass is 10.0. The Morgan fingerprint density at radius 2 is 1.88 bits per heavy atom. The highest BCUT2D eigenvalue weighted by molar-refractivity contribution is 14.1. The third kappa shape index (κ3) is 4.51. The average Bonchev–Trinajstić information content (AvgIpc) is 2.67. The number of nitrogens with one attached hydrogen (secondary N) is 2. The van der Waals surface area contributed by atoms with Crippen LogP contribution in [-0.2, 0) is 4.79 Å². The van der Waals surface area contributed by atoms with Crippen LogP contribution in [0.4, 0.5) is 5.69 Å². The molecular weight excluding hydrogens is 441 g/mol. The molecule has 0 aliphatic heterocycles. The molecule has 0 heterocycles. The zero-order valence-corrected chi connectivity index (χ0v) is 16.4. The van der Waals surface area contributed by atoms with E-state index >= 15 is 0 Å². The minimum atomic E-state index is -0.223. The number of benzene rings is 3. The van der Waals surface area contributed by atoms with Gasteiger partial charge < -0.3 is 10.1 Å². The Kier molecular flexibility index (Phi) is 6.06. The summed E-state index contributed by atoms with van der Waals surface area (Å²) in [7, 11) is 1.62. The maximum absolute atomic E-state index is 12.0. The summed E-state index contributed by atoms with van der Waals surface area (Å²) in [6.07, 6.45) is 1.62. The fourth-order valence-corrected chi connectivity index (χ4v) is 2.90. The van der Waals surface area contributed by atoms with Gasteiger partial charge in [-0.05, 0) is 63.7 Å². The molecule has 0 saturated carbocycles. The maximum Gasteiger partial charge on any atom is 0.259 e. The van der Waals surface area contributed by atoms with Crippen LogP contribution in [0.3, 0.4) is 0 Å². The minimum absolute atomic E-state index is 0.143. The Hall–Kier alpha value is -2.61. The van der Waals surface area contributed by atoms with Crippen LogP contribution in [0.1, 0.15) is 5.56 Å². The van der Waals surface area contributed by atoms with Gasteiger partial charge in [0.05, 0.1) is 19.9 Å². The van der Waals surface area contributed by atoms with Gasteiger partial charge in [0.2, 0.25) is 0 Å². The summed E-state index contributed by atoms with van der Waals surface area (Å²) < 4.78 is 6.55. The summed E-state index contributed by atoms with van der Waals surface area (Å²) in [5.74, 6) is 0.484. The second kappa shape index (κ2) is 8.66. The standard InChI is InChI=1S/C20H18IN3O2/c1-26-19-11-6-14-4-2-3-5-17(14)18(19)12-23-24-20(25)13-22-16-9-7-15(21)8-10-16/h2-12,22H,13H2,1H3,(H,24,25)/b23-12-. The van der Waals surface area contributed by atoms with Crippen molar-refractivity contribution in [3.05, 3.63) is 69.8 Å². The number of halogens is 1. The van der Waals surface area contributed by atoms with E-state index in [1.54, 1.807) is 13.3 Å². The number of carbonyl (C=O) groups is 1. The number of fused-ring (bicyclic) bond motifs is 1. The van der Waals surface area contributed by atoms with E-state index in [-0.39, 0.29) is 12.5 Å². The monoisotopic (exact) mass is 459 g/mol. The highest BCUT2D eigenvalue weighted by Gasteiger charge is 2.06. The van der Waals surface area contributed by atoms with Crippen LogP contribution in [-0.4, -0.2) is 25.8 Å². The molecule has 3 aromatic carbocycles. The van der Waals surface area contributed by atoms with Crippen LogP contribution in [0.15, 0.2) is 65.8 Å². The van der Waals surface area contributed by atoms with E-state index in [1.165, 1.54) is 0 Å². The number of anilines is 1. The number of carbonyl (C=O) groups excluding carboxylic acids is 1. The van der Waals surface area contributed by atoms with Crippen molar-refractivity contribution in [2.24, 2.45) is 5.10 Å². The van der Waals surface area contributed by atoms with Gasteiger partial charge in [0.25, 0.3) is 5.91 Å². The van der Waals surface area contributed by atoms with E-state index < -0.39 is 0 Å². The Labute approximate surface area is 165 Å². The number of methoxy groups -OCH3 is 1. The Morgan fingerprint density at radius 3 is 2.65 bits per heavy atom. The molecule has 0 aliphatic carbocycles. The Balaban J connectivity index is 1.65. The third-order valence-electron chi connectivity index (χ3n) is 3.83. The van der Waals surface area contributed by atoms with Crippen LogP contribution < -0.4 is 15.5 Å². The molecule has 5 nitrogen and oxygen atoms in total. The topological polar surface area (TPSA) is 62.7 Å². The molecule has 26 heavy (non-hydrogen) atoms. The highest BCUT2D eigenvalue weighted by Crippen LogP contribution is 2.26. The number of ether oxygens (including phenoxy) is 1. The molecule has 0 spiro atoms. The second-order valence-corrected chi connectivity index (χ2v) is 6.80. The molecule has 2 N–H and O–H groups in total. The van der Waals surface area contributed by atoms with Crippen molar-refractivity contribution in [1.82, 2.24) is 5.43 Å². The summed E-state index contributed by atoms with van der Waals surface area (Å²) in [6.45, 7) is 0.143. The van der Waals surface area contributed by atoms with Gasteiger partial charge in [-0.15, -0.1) is 0 Å². The summed E-state index contributed by atoms with van der Waals surface area (Å²) in [5, 5.41) is 9.24. The van der Waals surface area contributed by atoms with Crippen molar-refractivity contribution >= 4 is 51.2 Å². The molecule has 0 unspecified atom stereocenters. The highest BCUT2D eigenvalue weighted by atomic mass is 127. The average molecular weight is 459 g/mol. The lowest BCUT2D eigenvalue weighted by Gasteiger charge is -2.08. The van der Waals surface area contributed by atoms with E-state index in [4.69, 9.17) is 4.74 Å². The fourth-order valence-electron chi connectivity index (χ4n) is 2.55. The molecule has 3 rings (SSSR count). The third-order valence-corrected chi connectivity index (χ3v) is 4.55. The van der Waals surface area contributed by atoms with Gasteiger partial charge in [-0.25, -0.2) is 5.43 Å². The van der Waals surface area contributed by atoms with Crippen molar-refractivity contribution in [3.8, 4) is 5.75 Å². The van der Waals surface area contributed by atoms with Crippen LogP contribution in [0.2, 0.25) is 0 Å². The molecule has 0 bridgehead atoms. The molecule has 0 fully saturated rings. The van der Waals surface area contributed by atoms with E-state index in [0.717, 1.165) is 25.6 Å². The van der Waals surface area contributed by atoms with Gasteiger partial charge in [0.15, 0.2) is 0 Å². The Bertz CT molecular complexity index is 939. The molecule has 0 aliphatic rings. The largest absolute Gasteiger partial charge is 0.496 e. The summed E-state index contributed by atoms with van der Waals surface area (Å²) in [6, 6.07) is 19.7. The van der Waals surface area contributed by atoms with E-state index in [1.807, 2.05) is 60.7 Å². The van der Waals surface area contributed by atoms with E-state index in [2.05, 4.69) is 38.4 Å². The van der Waals surface area contributed by atoms with Crippen molar-refractivity contribution in [1.29, 1.82) is 0 Å². The summed E-state index contributed by atoms with van der Waals surface area (Å²) >= 11 is 2.24. The number of amides is 1. The van der Waals surface area contributed by atoms with Crippen molar-refractivity contribution in [3.63, 3.8) is 0 Å². The van der Waals surface area contributed by atoms with Gasteiger partial charge in [-0.1, -0.05) is 30.3 Å². The summed E-state index contributed by atoms with van der Waals surface area (Å²) in [5.41, 5.74) is 4.26. The molecule has 0 saturated heterocycles. The van der Waals surface area contributed by atoms with E-state index in [0.29, 0.717) is 5.75 Å². The van der Waals surface area contributed by atoms with E-state index in [9.17, 15) is 4.79 Å². The molecule has 6 heteroatoms. The first-order valence-corrected chi connectivity index (χ1v) is 9.12. The zero-order chi connectivity index (χ0) is 18.4. The summed E-state index contributed by atoms with van der Waals surface area (Å²) in [4.78, 5) is 12.0. The molecule has 0 radical (unpaired) electrons. The minimum Gasteiger partial charge on any atom is -0.496 e.